The summed E-state index contributed by atoms with van der Waals surface area (Å²) in [6, 6.07) is 53.9. The van der Waals surface area contributed by atoms with E-state index in [9.17, 15) is 0 Å². The van der Waals surface area contributed by atoms with E-state index >= 15 is 0 Å². The zero-order valence-electron chi connectivity index (χ0n) is 30.1. The fourth-order valence-electron chi connectivity index (χ4n) is 8.17. The Labute approximate surface area is 316 Å². The van der Waals surface area contributed by atoms with Crippen LogP contribution >= 0.6 is 0 Å². The summed E-state index contributed by atoms with van der Waals surface area (Å²) in [4.78, 5) is 20.3. The minimum absolute atomic E-state index is 0.305. The van der Waals surface area contributed by atoms with E-state index in [0.717, 1.165) is 77.5 Å². The van der Waals surface area contributed by atoms with Crippen LogP contribution in [0.4, 0.5) is 0 Å². The van der Waals surface area contributed by atoms with E-state index in [1.807, 2.05) is 66.7 Å². The Balaban J connectivity index is 1.08. The molecule has 55 heavy (non-hydrogen) atoms. The van der Waals surface area contributed by atoms with Crippen LogP contribution in [0.3, 0.4) is 0 Å². The van der Waals surface area contributed by atoms with Crippen molar-refractivity contribution in [3.05, 3.63) is 169 Å². The van der Waals surface area contributed by atoms with Gasteiger partial charge in [0.1, 0.15) is 16.7 Å². The summed E-state index contributed by atoms with van der Waals surface area (Å²) >= 11 is 0. The molecule has 7 aromatic carbocycles. The molecule has 0 unspecified atom stereocenters. The Kier molecular flexibility index (Phi) is 6.79. The van der Waals surface area contributed by atoms with E-state index in [-0.39, 0.29) is 5.41 Å². The van der Waals surface area contributed by atoms with E-state index in [2.05, 4.69) is 105 Å². The first kappa shape index (κ1) is 31.4. The summed E-state index contributed by atoms with van der Waals surface area (Å²) in [5.74, 6) is 2.35. The standard InChI is InChI=1S/C49H32N4O2/c1-49(2)38-26-27-40-44(55-48(50-40)32-14-7-4-8-15-32)42(38)36-25-24-33(28-39(36)49)46-51-45(31-22-20-30(21-23-31)29-12-5-3-6-13-29)52-47(53-46)37-18-11-17-35-34-16-9-10-19-41(34)54-43(35)37/h3-28H,1-2H3. The van der Waals surface area contributed by atoms with E-state index in [1.54, 1.807) is 0 Å². The molecule has 0 saturated carbocycles. The average molecular weight is 709 g/mol. The van der Waals surface area contributed by atoms with Crippen LogP contribution in [0.25, 0.3) is 101 Å². The van der Waals surface area contributed by atoms with Gasteiger partial charge in [0.15, 0.2) is 23.1 Å². The lowest BCUT2D eigenvalue weighted by Gasteiger charge is -2.21. The fraction of sp³-hybridized carbons (Fsp3) is 0.0612. The van der Waals surface area contributed by atoms with Gasteiger partial charge in [-0.15, -0.1) is 0 Å². The van der Waals surface area contributed by atoms with Crippen LogP contribution in [0.15, 0.2) is 167 Å². The molecule has 0 aliphatic heterocycles. The third kappa shape index (κ3) is 4.95. The number of nitrogens with zero attached hydrogens (tertiary/aromatic N) is 4. The number of benzene rings is 7. The predicted octanol–water partition coefficient (Wildman–Crippen LogP) is 12.6. The van der Waals surface area contributed by atoms with Gasteiger partial charge in [-0.05, 0) is 64.2 Å². The molecule has 0 fully saturated rings. The average Bonchev–Trinajstić information content (AvgIpc) is 3.92. The monoisotopic (exact) mass is 708 g/mol. The lowest BCUT2D eigenvalue weighted by atomic mass is 9.82. The molecule has 0 bridgehead atoms. The van der Waals surface area contributed by atoms with E-state index in [0.29, 0.717) is 23.4 Å². The molecule has 0 spiro atoms. The second-order valence-corrected chi connectivity index (χ2v) is 14.6. The first-order valence-corrected chi connectivity index (χ1v) is 18.5. The van der Waals surface area contributed by atoms with Crippen molar-refractivity contribution in [3.8, 4) is 67.9 Å². The second kappa shape index (κ2) is 11.9. The molecule has 1 aliphatic rings. The van der Waals surface area contributed by atoms with Gasteiger partial charge in [0.25, 0.3) is 0 Å². The predicted molar refractivity (Wildman–Crippen MR) is 219 cm³/mol. The van der Waals surface area contributed by atoms with Crippen LogP contribution in [0.1, 0.15) is 25.0 Å². The second-order valence-electron chi connectivity index (χ2n) is 14.6. The maximum absolute atomic E-state index is 6.53. The molecule has 3 heterocycles. The molecule has 0 amide bonds. The number of furan rings is 1. The van der Waals surface area contributed by atoms with Crippen LogP contribution in [-0.2, 0) is 5.41 Å². The minimum Gasteiger partial charge on any atom is -0.455 e. The summed E-state index contributed by atoms with van der Waals surface area (Å²) < 4.78 is 13.0. The Morgan fingerprint density at radius 2 is 1.05 bits per heavy atom. The molecule has 260 valence electrons. The number of oxazole rings is 1. The molecule has 1 aliphatic carbocycles. The number of fused-ring (bicyclic) bond motifs is 8. The van der Waals surface area contributed by atoms with Gasteiger partial charge < -0.3 is 8.83 Å². The third-order valence-corrected chi connectivity index (χ3v) is 11.0. The van der Waals surface area contributed by atoms with Crippen molar-refractivity contribution in [1.29, 1.82) is 0 Å². The van der Waals surface area contributed by atoms with Crippen molar-refractivity contribution in [3.63, 3.8) is 0 Å². The van der Waals surface area contributed by atoms with Gasteiger partial charge in [-0.3, -0.25) is 0 Å². The van der Waals surface area contributed by atoms with Gasteiger partial charge in [0.05, 0.1) is 5.56 Å². The zero-order chi connectivity index (χ0) is 36.7. The Hall–Kier alpha value is -7.18. The molecule has 6 nitrogen and oxygen atoms in total. The van der Waals surface area contributed by atoms with Crippen LogP contribution in [-0.4, -0.2) is 19.9 Å². The van der Waals surface area contributed by atoms with Crippen molar-refractivity contribution >= 4 is 33.0 Å². The van der Waals surface area contributed by atoms with Gasteiger partial charge in [-0.25, -0.2) is 19.9 Å². The Bertz CT molecular complexity index is 3110. The van der Waals surface area contributed by atoms with E-state index in [4.69, 9.17) is 28.8 Å². The van der Waals surface area contributed by atoms with Gasteiger partial charge in [-0.1, -0.05) is 135 Å². The highest BCUT2D eigenvalue weighted by Gasteiger charge is 2.38. The highest BCUT2D eigenvalue weighted by Crippen LogP contribution is 2.52. The summed E-state index contributed by atoms with van der Waals surface area (Å²) in [6.07, 6.45) is 0. The summed E-state index contributed by atoms with van der Waals surface area (Å²) in [5.41, 5.74) is 13.4. The molecule has 6 heteroatoms. The van der Waals surface area contributed by atoms with Gasteiger partial charge in [-0.2, -0.15) is 0 Å². The third-order valence-electron chi connectivity index (χ3n) is 11.0. The Morgan fingerprint density at radius 1 is 0.418 bits per heavy atom. The van der Waals surface area contributed by atoms with E-state index in [1.165, 1.54) is 11.1 Å². The van der Waals surface area contributed by atoms with Crippen LogP contribution in [0, 0.1) is 0 Å². The van der Waals surface area contributed by atoms with Crippen molar-refractivity contribution in [1.82, 2.24) is 19.9 Å². The molecule has 10 aromatic rings. The molecule has 3 aromatic heterocycles. The summed E-state index contributed by atoms with van der Waals surface area (Å²) in [7, 11) is 0. The van der Waals surface area contributed by atoms with Crippen LogP contribution in [0.5, 0.6) is 0 Å². The maximum Gasteiger partial charge on any atom is 0.227 e. The quantitative estimate of drug-likeness (QED) is 0.177. The largest absolute Gasteiger partial charge is 0.455 e. The molecule has 0 saturated heterocycles. The highest BCUT2D eigenvalue weighted by molar-refractivity contribution is 6.09. The number of hydrogen-bond donors (Lipinski definition) is 0. The fourth-order valence-corrected chi connectivity index (χ4v) is 8.17. The van der Waals surface area contributed by atoms with Gasteiger partial charge >= 0.3 is 0 Å². The SMILES string of the molecule is CC1(C)c2cc(-c3nc(-c4ccc(-c5ccccc5)cc4)nc(-c4cccc5c4oc4ccccc45)n3)ccc2-c2c1ccc1nc(-c3ccccc3)oc21. The molecular weight excluding hydrogens is 677 g/mol. The Morgan fingerprint density at radius 3 is 1.85 bits per heavy atom. The topological polar surface area (TPSA) is 77.8 Å². The minimum atomic E-state index is -0.305. The molecule has 11 rings (SSSR count). The first-order valence-electron chi connectivity index (χ1n) is 18.5. The van der Waals surface area contributed by atoms with Crippen molar-refractivity contribution < 1.29 is 8.83 Å². The van der Waals surface area contributed by atoms with Crippen LogP contribution in [0.2, 0.25) is 0 Å². The number of para-hydroxylation sites is 2. The van der Waals surface area contributed by atoms with Crippen molar-refractivity contribution in [2.75, 3.05) is 0 Å². The highest BCUT2D eigenvalue weighted by atomic mass is 16.3. The first-order chi connectivity index (χ1) is 27.0. The van der Waals surface area contributed by atoms with Gasteiger partial charge in [0.2, 0.25) is 5.89 Å². The van der Waals surface area contributed by atoms with Crippen molar-refractivity contribution in [2.45, 2.75) is 19.3 Å². The number of hydrogen-bond acceptors (Lipinski definition) is 6. The van der Waals surface area contributed by atoms with E-state index < -0.39 is 0 Å². The molecule has 0 N–H and O–H groups in total. The summed E-state index contributed by atoms with van der Waals surface area (Å²) in [6.45, 7) is 4.53. The number of aromatic nitrogens is 4. The summed E-state index contributed by atoms with van der Waals surface area (Å²) in [5, 5.41) is 2.08. The maximum atomic E-state index is 6.53. The molecule has 0 atom stereocenters. The van der Waals surface area contributed by atoms with Crippen LogP contribution < -0.4 is 0 Å². The van der Waals surface area contributed by atoms with Crippen molar-refractivity contribution in [2.24, 2.45) is 0 Å². The molecular formula is C49H32N4O2. The lowest BCUT2D eigenvalue weighted by Crippen LogP contribution is -2.15. The normalized spacial score (nSPS) is 13.1. The van der Waals surface area contributed by atoms with Gasteiger partial charge in [0, 0.05) is 38.4 Å². The smallest absolute Gasteiger partial charge is 0.227 e. The molecule has 0 radical (unpaired) electrons. The number of rotatable bonds is 5. The zero-order valence-corrected chi connectivity index (χ0v) is 30.1. The lowest BCUT2D eigenvalue weighted by molar-refractivity contribution is 0.618.